The van der Waals surface area contributed by atoms with Crippen LogP contribution in [0.5, 0.6) is 0 Å². The van der Waals surface area contributed by atoms with Gasteiger partial charge in [-0.1, -0.05) is 29.3 Å². The van der Waals surface area contributed by atoms with Gasteiger partial charge in [0.2, 0.25) is 0 Å². The number of benzene rings is 1. The van der Waals surface area contributed by atoms with Gasteiger partial charge in [-0.3, -0.25) is 4.79 Å². The van der Waals surface area contributed by atoms with Crippen molar-refractivity contribution < 1.29 is 13.2 Å². The van der Waals surface area contributed by atoms with Crippen molar-refractivity contribution in [3.63, 3.8) is 0 Å². The number of halogens is 5. The van der Waals surface area contributed by atoms with Gasteiger partial charge in [0.05, 0.1) is 15.6 Å². The minimum absolute atomic E-state index is 0.199. The summed E-state index contributed by atoms with van der Waals surface area (Å²) in [6.07, 6.45) is -3.16. The molecule has 1 aromatic heterocycles. The molecule has 0 aliphatic carbocycles. The van der Waals surface area contributed by atoms with Crippen LogP contribution in [0, 0.1) is 6.33 Å². The van der Waals surface area contributed by atoms with E-state index in [1.54, 1.807) is 0 Å². The Kier molecular flexibility index (Phi) is 4.06. The van der Waals surface area contributed by atoms with Gasteiger partial charge >= 0.3 is 6.18 Å². The molecule has 1 radical (unpaired) electrons. The largest absolute Gasteiger partial charge is 0.433 e. The Bertz CT molecular complexity index is 698. The topological polar surface area (TPSA) is 45.8 Å². The van der Waals surface area contributed by atoms with Crippen LogP contribution in [-0.2, 0) is 12.6 Å². The van der Waals surface area contributed by atoms with Crippen LogP contribution in [0.1, 0.15) is 16.8 Å². The average Bonchev–Trinajstić information content (AvgIpc) is 2.35. The summed E-state index contributed by atoms with van der Waals surface area (Å²) in [7, 11) is 0. The lowest BCUT2D eigenvalue weighted by atomic mass is 10.0. The van der Waals surface area contributed by atoms with Crippen molar-refractivity contribution in [3.05, 3.63) is 61.7 Å². The summed E-state index contributed by atoms with van der Waals surface area (Å²) < 4.78 is 38.4. The van der Waals surface area contributed by atoms with Crippen LogP contribution in [0.2, 0.25) is 10.0 Å². The lowest BCUT2D eigenvalue weighted by molar-refractivity contribution is -0.142. The van der Waals surface area contributed by atoms with Crippen molar-refractivity contribution in [3.8, 4) is 0 Å². The summed E-state index contributed by atoms with van der Waals surface area (Å²) in [5.74, 6) is 0. The third kappa shape index (κ3) is 3.13. The molecule has 0 atom stereocenters. The molecule has 0 saturated carbocycles. The molecule has 0 saturated heterocycles. The fourth-order valence-electron chi connectivity index (χ4n) is 1.64. The van der Waals surface area contributed by atoms with Crippen molar-refractivity contribution in [2.75, 3.05) is 0 Å². The molecule has 0 aliphatic rings. The zero-order valence-electron chi connectivity index (χ0n) is 9.68. The number of nitrogens with zero attached hydrogens (tertiary/aromatic N) is 1. The Morgan fingerprint density at radius 3 is 2.55 bits per heavy atom. The van der Waals surface area contributed by atoms with Crippen molar-refractivity contribution in [1.82, 2.24) is 9.97 Å². The normalized spacial score (nSPS) is 11.7. The molecule has 0 bridgehead atoms. The van der Waals surface area contributed by atoms with E-state index in [1.165, 1.54) is 18.2 Å². The van der Waals surface area contributed by atoms with Gasteiger partial charge < -0.3 is 4.98 Å². The molecule has 1 heterocycles. The molecule has 3 nitrogen and oxygen atoms in total. The molecule has 0 amide bonds. The molecule has 105 valence electrons. The van der Waals surface area contributed by atoms with Crippen molar-refractivity contribution in [1.29, 1.82) is 0 Å². The third-order valence-electron chi connectivity index (χ3n) is 2.53. The quantitative estimate of drug-likeness (QED) is 0.920. The molecule has 1 N–H and O–H groups in total. The second-order valence-corrected chi connectivity index (χ2v) is 4.74. The maximum Gasteiger partial charge on any atom is 0.433 e. The lowest BCUT2D eigenvalue weighted by Gasteiger charge is -2.10. The van der Waals surface area contributed by atoms with E-state index in [2.05, 4.69) is 4.98 Å². The maximum absolute atomic E-state index is 12.8. The number of aromatic amines is 1. The van der Waals surface area contributed by atoms with Crippen LogP contribution in [0.25, 0.3) is 0 Å². The van der Waals surface area contributed by atoms with Gasteiger partial charge in [0, 0.05) is 6.42 Å². The molecule has 0 fully saturated rings. The van der Waals surface area contributed by atoms with Crippen LogP contribution in [0.15, 0.2) is 23.0 Å². The summed E-state index contributed by atoms with van der Waals surface area (Å²) in [6.45, 7) is 0. The minimum Gasteiger partial charge on any atom is -0.304 e. The van der Waals surface area contributed by atoms with E-state index in [0.717, 1.165) is 0 Å². The SMILES string of the molecule is O=c1[nH][c]nc(C(F)(F)F)c1Cc1ccc(Cl)c(Cl)c1. The summed E-state index contributed by atoms with van der Waals surface area (Å²) in [5.41, 5.74) is -2.22. The molecule has 2 aromatic rings. The monoisotopic (exact) mass is 321 g/mol. The van der Waals surface area contributed by atoms with Gasteiger partial charge in [-0.25, -0.2) is 4.98 Å². The molecule has 0 unspecified atom stereocenters. The fraction of sp³-hybridized carbons (Fsp3) is 0.167. The summed E-state index contributed by atoms with van der Waals surface area (Å²) >= 11 is 11.5. The third-order valence-corrected chi connectivity index (χ3v) is 3.27. The highest BCUT2D eigenvalue weighted by Crippen LogP contribution is 2.30. The van der Waals surface area contributed by atoms with E-state index in [4.69, 9.17) is 23.2 Å². The summed E-state index contributed by atoms with van der Waals surface area (Å²) in [6, 6.07) is 4.34. The first-order valence-electron chi connectivity index (χ1n) is 5.29. The fourth-order valence-corrected chi connectivity index (χ4v) is 1.96. The number of nitrogens with one attached hydrogen (secondary N) is 1. The molecular weight excluding hydrogens is 316 g/mol. The smallest absolute Gasteiger partial charge is 0.304 e. The van der Waals surface area contributed by atoms with Gasteiger partial charge in [-0.2, -0.15) is 13.2 Å². The average molecular weight is 322 g/mol. The van der Waals surface area contributed by atoms with Gasteiger partial charge in [0.25, 0.3) is 5.56 Å². The predicted octanol–water partition coefficient (Wildman–Crippen LogP) is 3.49. The Morgan fingerprint density at radius 1 is 1.25 bits per heavy atom. The van der Waals surface area contributed by atoms with E-state index < -0.39 is 23.0 Å². The Morgan fingerprint density at radius 2 is 1.95 bits per heavy atom. The summed E-state index contributed by atoms with van der Waals surface area (Å²) in [4.78, 5) is 16.6. The van der Waals surface area contributed by atoms with Crippen molar-refractivity contribution in [2.24, 2.45) is 0 Å². The highest BCUT2D eigenvalue weighted by Gasteiger charge is 2.36. The van der Waals surface area contributed by atoms with Gasteiger partial charge in [-0.05, 0) is 17.7 Å². The second kappa shape index (κ2) is 5.46. The van der Waals surface area contributed by atoms with Crippen molar-refractivity contribution >= 4 is 23.2 Å². The highest BCUT2D eigenvalue weighted by atomic mass is 35.5. The first kappa shape index (κ1) is 14.9. The molecule has 1 aromatic carbocycles. The van der Waals surface area contributed by atoms with Crippen LogP contribution in [-0.4, -0.2) is 9.97 Å². The highest BCUT2D eigenvalue weighted by molar-refractivity contribution is 6.42. The van der Waals surface area contributed by atoms with E-state index in [9.17, 15) is 18.0 Å². The van der Waals surface area contributed by atoms with Crippen LogP contribution < -0.4 is 5.56 Å². The zero-order valence-corrected chi connectivity index (χ0v) is 11.2. The number of alkyl halides is 3. The Hall–Kier alpha value is -1.53. The Labute approximate surface area is 121 Å². The molecular formula is C12H6Cl2F3N2O. The first-order chi connectivity index (χ1) is 9.29. The van der Waals surface area contributed by atoms with E-state index in [0.29, 0.717) is 5.56 Å². The number of aromatic nitrogens is 2. The molecule has 0 aliphatic heterocycles. The zero-order chi connectivity index (χ0) is 14.9. The first-order valence-corrected chi connectivity index (χ1v) is 6.05. The van der Waals surface area contributed by atoms with Crippen LogP contribution in [0.3, 0.4) is 0 Å². The second-order valence-electron chi connectivity index (χ2n) is 3.93. The number of hydrogen-bond acceptors (Lipinski definition) is 2. The molecule has 20 heavy (non-hydrogen) atoms. The van der Waals surface area contributed by atoms with Gasteiger partial charge in [0.1, 0.15) is 0 Å². The van der Waals surface area contributed by atoms with E-state index in [-0.39, 0.29) is 16.5 Å². The van der Waals surface area contributed by atoms with E-state index in [1.807, 2.05) is 11.3 Å². The van der Waals surface area contributed by atoms with Gasteiger partial charge in [0.15, 0.2) is 12.0 Å². The standard InChI is InChI=1S/C12H6Cl2F3N2O/c13-8-2-1-6(4-9(8)14)3-7-10(12(15,16)17)18-5-19-11(7)20/h1-2,4H,3H2,(H,18,19,20). The van der Waals surface area contributed by atoms with Crippen LogP contribution >= 0.6 is 23.2 Å². The molecule has 8 heteroatoms. The minimum atomic E-state index is -4.73. The van der Waals surface area contributed by atoms with Gasteiger partial charge in [-0.15, -0.1) is 0 Å². The Balaban J connectivity index is 2.48. The maximum atomic E-state index is 12.8. The number of hydrogen-bond donors (Lipinski definition) is 1. The van der Waals surface area contributed by atoms with Crippen molar-refractivity contribution in [2.45, 2.75) is 12.6 Å². The number of H-pyrrole nitrogens is 1. The molecule has 2 rings (SSSR count). The van der Waals surface area contributed by atoms with Crippen LogP contribution in [0.4, 0.5) is 13.2 Å². The lowest BCUT2D eigenvalue weighted by Crippen LogP contribution is -2.23. The van der Waals surface area contributed by atoms with E-state index >= 15 is 0 Å². The molecule has 0 spiro atoms. The predicted molar refractivity (Wildman–Crippen MR) is 68.0 cm³/mol. The summed E-state index contributed by atoms with van der Waals surface area (Å²) in [5, 5.41) is 0.476. The number of rotatable bonds is 2.